The Morgan fingerprint density at radius 2 is 1.84 bits per heavy atom. The molecule has 12 heteroatoms. The normalized spacial score (nSPS) is 11.2. The van der Waals surface area contributed by atoms with Crippen LogP contribution in [0.1, 0.15) is 40.2 Å². The first-order valence-corrected chi connectivity index (χ1v) is 10.3. The molecule has 174 valence electrons. The maximum Gasteiger partial charge on any atom is 0.417 e. The van der Waals surface area contributed by atoms with Gasteiger partial charge >= 0.3 is 18.1 Å². The SMILES string of the molecule is CCOC(=O)c1c(NC(=O)COC(=O)Cn2cc(C(F)(F)F)ccc2=O)sc(C)c1CC. The van der Waals surface area contributed by atoms with E-state index in [2.05, 4.69) is 5.32 Å². The Bertz CT molecular complexity index is 1070. The molecule has 1 amide bonds. The van der Waals surface area contributed by atoms with Gasteiger partial charge in [-0.25, -0.2) is 4.79 Å². The van der Waals surface area contributed by atoms with E-state index < -0.39 is 48.3 Å². The minimum absolute atomic E-state index is 0.150. The molecule has 1 N–H and O–H groups in total. The Morgan fingerprint density at radius 3 is 2.44 bits per heavy atom. The molecule has 0 atom stereocenters. The third-order valence-corrected chi connectivity index (χ3v) is 5.33. The number of amides is 1. The van der Waals surface area contributed by atoms with Gasteiger partial charge in [0.25, 0.3) is 11.5 Å². The number of thiophene rings is 1. The van der Waals surface area contributed by atoms with Crippen molar-refractivity contribution in [2.24, 2.45) is 0 Å². The van der Waals surface area contributed by atoms with E-state index in [9.17, 15) is 32.3 Å². The number of nitrogens with one attached hydrogen (secondary N) is 1. The van der Waals surface area contributed by atoms with Gasteiger partial charge in [-0.1, -0.05) is 6.92 Å². The second-order valence-corrected chi connectivity index (χ2v) is 7.73. The lowest BCUT2D eigenvalue weighted by atomic mass is 10.1. The summed E-state index contributed by atoms with van der Waals surface area (Å²) in [6.45, 7) is 3.87. The van der Waals surface area contributed by atoms with Crippen LogP contribution < -0.4 is 10.9 Å². The monoisotopic (exact) mass is 474 g/mol. The summed E-state index contributed by atoms with van der Waals surface area (Å²) in [5.74, 6) is -2.43. The zero-order valence-corrected chi connectivity index (χ0v) is 18.3. The average Bonchev–Trinajstić information content (AvgIpc) is 3.02. The van der Waals surface area contributed by atoms with Gasteiger partial charge in [0.15, 0.2) is 6.61 Å². The highest BCUT2D eigenvalue weighted by atomic mass is 32.1. The van der Waals surface area contributed by atoms with Crippen LogP contribution in [0, 0.1) is 6.92 Å². The van der Waals surface area contributed by atoms with Crippen molar-refractivity contribution in [3.05, 3.63) is 50.3 Å². The van der Waals surface area contributed by atoms with Gasteiger partial charge in [0.2, 0.25) is 0 Å². The molecular weight excluding hydrogens is 453 g/mol. The van der Waals surface area contributed by atoms with Gasteiger partial charge in [0.1, 0.15) is 11.5 Å². The lowest BCUT2D eigenvalue weighted by Crippen LogP contribution is -2.28. The first-order chi connectivity index (χ1) is 15.0. The number of nitrogens with zero attached hydrogens (tertiary/aromatic N) is 1. The third-order valence-electron chi connectivity index (χ3n) is 4.27. The number of anilines is 1. The maximum atomic E-state index is 12.8. The van der Waals surface area contributed by atoms with Gasteiger partial charge in [-0.15, -0.1) is 11.3 Å². The summed E-state index contributed by atoms with van der Waals surface area (Å²) in [6.07, 6.45) is -3.66. The molecule has 0 spiro atoms. The summed E-state index contributed by atoms with van der Waals surface area (Å²) in [4.78, 5) is 48.9. The zero-order valence-electron chi connectivity index (χ0n) is 17.5. The van der Waals surface area contributed by atoms with Gasteiger partial charge in [-0.3, -0.25) is 14.4 Å². The number of aryl methyl sites for hydroxylation is 1. The standard InChI is InChI=1S/C20H21F3N2O6S/c1-4-13-11(3)32-18(17(13)19(29)30-5-2)24-14(26)10-31-16(28)9-25-8-12(20(21,22)23)6-7-15(25)27/h6-8H,4-5,9-10H2,1-3H3,(H,24,26). The van der Waals surface area contributed by atoms with Gasteiger partial charge in [0.05, 0.1) is 17.7 Å². The first-order valence-electron chi connectivity index (χ1n) is 9.50. The molecule has 2 aromatic rings. The van der Waals surface area contributed by atoms with Crippen LogP contribution in [-0.4, -0.2) is 35.6 Å². The van der Waals surface area contributed by atoms with Crippen LogP contribution in [0.5, 0.6) is 0 Å². The second kappa shape index (κ2) is 10.4. The van der Waals surface area contributed by atoms with Crippen molar-refractivity contribution in [2.75, 3.05) is 18.5 Å². The van der Waals surface area contributed by atoms with Crippen LogP contribution in [0.25, 0.3) is 0 Å². The van der Waals surface area contributed by atoms with Crippen LogP contribution in [-0.2, 0) is 38.2 Å². The summed E-state index contributed by atoms with van der Waals surface area (Å²) in [7, 11) is 0. The van der Waals surface area contributed by atoms with E-state index in [-0.39, 0.29) is 17.2 Å². The Hall–Kier alpha value is -3.15. The number of esters is 2. The van der Waals surface area contributed by atoms with Crippen molar-refractivity contribution in [3.8, 4) is 0 Å². The van der Waals surface area contributed by atoms with E-state index in [4.69, 9.17) is 9.47 Å². The van der Waals surface area contributed by atoms with E-state index in [0.717, 1.165) is 10.4 Å². The highest BCUT2D eigenvalue weighted by molar-refractivity contribution is 7.16. The number of rotatable bonds is 8. The number of ether oxygens (including phenoxy) is 2. The van der Waals surface area contributed by atoms with E-state index in [0.29, 0.717) is 29.3 Å². The van der Waals surface area contributed by atoms with Gasteiger partial charge < -0.3 is 19.4 Å². The van der Waals surface area contributed by atoms with Crippen LogP contribution in [0.15, 0.2) is 23.1 Å². The molecule has 0 unspecified atom stereocenters. The smallest absolute Gasteiger partial charge is 0.417 e. The van der Waals surface area contributed by atoms with E-state index in [1.54, 1.807) is 13.8 Å². The molecule has 0 fully saturated rings. The molecule has 0 saturated carbocycles. The molecular formula is C20H21F3N2O6S. The number of hydrogen-bond acceptors (Lipinski definition) is 7. The number of carbonyl (C=O) groups excluding carboxylic acids is 3. The Labute approximate surface area is 184 Å². The Balaban J connectivity index is 2.05. The molecule has 0 aromatic carbocycles. The van der Waals surface area contributed by atoms with Crippen LogP contribution in [0.3, 0.4) is 0 Å². The fourth-order valence-electron chi connectivity index (χ4n) is 2.83. The topological polar surface area (TPSA) is 104 Å². The quantitative estimate of drug-likeness (QED) is 0.590. The number of aromatic nitrogens is 1. The summed E-state index contributed by atoms with van der Waals surface area (Å²) >= 11 is 1.17. The van der Waals surface area contributed by atoms with Crippen molar-refractivity contribution in [1.82, 2.24) is 4.57 Å². The predicted octanol–water partition coefficient (Wildman–Crippen LogP) is 3.16. The van der Waals surface area contributed by atoms with Crippen molar-refractivity contribution in [2.45, 2.75) is 39.9 Å². The fraction of sp³-hybridized carbons (Fsp3) is 0.400. The van der Waals surface area contributed by atoms with E-state index >= 15 is 0 Å². The molecule has 2 heterocycles. The number of alkyl halides is 3. The minimum Gasteiger partial charge on any atom is -0.462 e. The molecule has 2 rings (SSSR count). The lowest BCUT2D eigenvalue weighted by molar-refractivity contribution is -0.148. The Kier molecular flexibility index (Phi) is 8.19. The van der Waals surface area contributed by atoms with Crippen molar-refractivity contribution < 1.29 is 37.0 Å². The summed E-state index contributed by atoms with van der Waals surface area (Å²) in [5, 5.41) is 2.73. The van der Waals surface area contributed by atoms with Crippen molar-refractivity contribution in [3.63, 3.8) is 0 Å². The molecule has 0 aliphatic rings. The fourth-order valence-corrected chi connectivity index (χ4v) is 3.98. The number of carbonyl (C=O) groups is 3. The van der Waals surface area contributed by atoms with Crippen LogP contribution in [0.2, 0.25) is 0 Å². The maximum absolute atomic E-state index is 12.8. The number of hydrogen-bond donors (Lipinski definition) is 1. The molecule has 0 radical (unpaired) electrons. The minimum atomic E-state index is -4.69. The molecule has 0 bridgehead atoms. The van der Waals surface area contributed by atoms with Crippen molar-refractivity contribution in [1.29, 1.82) is 0 Å². The Morgan fingerprint density at radius 1 is 1.16 bits per heavy atom. The molecule has 0 saturated heterocycles. The zero-order chi connectivity index (χ0) is 24.1. The van der Waals surface area contributed by atoms with Gasteiger partial charge in [-0.05, 0) is 31.9 Å². The summed E-state index contributed by atoms with van der Waals surface area (Å²) < 4.78 is 48.7. The van der Waals surface area contributed by atoms with E-state index in [1.165, 1.54) is 11.3 Å². The van der Waals surface area contributed by atoms with Crippen molar-refractivity contribution >= 4 is 34.2 Å². The number of pyridine rings is 1. The van der Waals surface area contributed by atoms with Gasteiger partial charge in [-0.2, -0.15) is 13.2 Å². The first kappa shape index (κ1) is 25.1. The molecule has 0 aliphatic carbocycles. The predicted molar refractivity (Wildman–Crippen MR) is 110 cm³/mol. The molecule has 0 aliphatic heterocycles. The van der Waals surface area contributed by atoms with Gasteiger partial charge in [0, 0.05) is 17.1 Å². The third kappa shape index (κ3) is 6.19. The molecule has 8 nitrogen and oxygen atoms in total. The lowest BCUT2D eigenvalue weighted by Gasteiger charge is -2.11. The van der Waals surface area contributed by atoms with Crippen LogP contribution >= 0.6 is 11.3 Å². The number of halogens is 3. The molecule has 32 heavy (non-hydrogen) atoms. The average molecular weight is 474 g/mol. The summed E-state index contributed by atoms with van der Waals surface area (Å²) in [6, 6.07) is 1.29. The van der Waals surface area contributed by atoms with E-state index in [1.807, 2.05) is 6.92 Å². The molecule has 2 aromatic heterocycles. The highest BCUT2D eigenvalue weighted by Crippen LogP contribution is 2.34. The van der Waals surface area contributed by atoms with Crippen LogP contribution in [0.4, 0.5) is 18.2 Å². The largest absolute Gasteiger partial charge is 0.462 e. The summed E-state index contributed by atoms with van der Waals surface area (Å²) in [5.41, 5.74) is -0.981. The highest BCUT2D eigenvalue weighted by Gasteiger charge is 2.31. The second-order valence-electron chi connectivity index (χ2n) is 6.51.